The van der Waals surface area contributed by atoms with Crippen LogP contribution in [0.1, 0.15) is 16.1 Å². The van der Waals surface area contributed by atoms with Crippen molar-refractivity contribution in [3.63, 3.8) is 0 Å². The molecule has 0 bridgehead atoms. The Morgan fingerprint density at radius 3 is 2.74 bits per heavy atom. The van der Waals surface area contributed by atoms with Crippen molar-refractivity contribution in [2.75, 3.05) is 13.2 Å². The molecular formula is C11H9ClN2O5. The van der Waals surface area contributed by atoms with E-state index in [1.807, 2.05) is 5.32 Å². The molecule has 4 N–H and O–H groups in total. The van der Waals surface area contributed by atoms with E-state index in [9.17, 15) is 14.7 Å². The third kappa shape index (κ3) is 4.13. The van der Waals surface area contributed by atoms with E-state index in [-0.39, 0.29) is 10.7 Å². The summed E-state index contributed by atoms with van der Waals surface area (Å²) in [6.07, 6.45) is 0. The summed E-state index contributed by atoms with van der Waals surface area (Å²) in [5.41, 5.74) is -0.260. The van der Waals surface area contributed by atoms with Crippen LogP contribution in [-0.2, 0) is 4.79 Å². The zero-order valence-corrected chi connectivity index (χ0v) is 10.2. The van der Waals surface area contributed by atoms with Crippen LogP contribution in [0.15, 0.2) is 6.07 Å². The number of aromatic nitrogens is 1. The Kier molecular flexibility index (Phi) is 5.11. The van der Waals surface area contributed by atoms with Crippen molar-refractivity contribution in [3.8, 4) is 17.6 Å². The Morgan fingerprint density at radius 1 is 1.47 bits per heavy atom. The van der Waals surface area contributed by atoms with E-state index in [1.165, 1.54) is 0 Å². The Balaban J connectivity index is 3.01. The van der Waals surface area contributed by atoms with Crippen molar-refractivity contribution in [2.45, 2.75) is 0 Å². The number of amides is 1. The van der Waals surface area contributed by atoms with Gasteiger partial charge in [-0.3, -0.25) is 9.59 Å². The van der Waals surface area contributed by atoms with Gasteiger partial charge in [-0.25, -0.2) is 4.98 Å². The number of carboxylic acid groups (broad SMARTS) is 1. The molecule has 1 aromatic heterocycles. The quantitative estimate of drug-likeness (QED) is 0.443. The summed E-state index contributed by atoms with van der Waals surface area (Å²) < 4.78 is 0. The first kappa shape index (κ1) is 14.8. The van der Waals surface area contributed by atoms with Gasteiger partial charge in [0.1, 0.15) is 24.1 Å². The molecule has 0 spiro atoms. The summed E-state index contributed by atoms with van der Waals surface area (Å²) in [5, 5.41) is 28.4. The lowest BCUT2D eigenvalue weighted by Crippen LogP contribution is -2.30. The predicted octanol–water partition coefficient (Wildman–Crippen LogP) is -0.401. The van der Waals surface area contributed by atoms with Crippen LogP contribution in [0.4, 0.5) is 0 Å². The third-order valence-electron chi connectivity index (χ3n) is 1.87. The van der Waals surface area contributed by atoms with E-state index in [2.05, 4.69) is 16.8 Å². The molecule has 1 rings (SSSR count). The Morgan fingerprint density at radius 2 is 2.16 bits per heavy atom. The molecule has 0 radical (unpaired) electrons. The number of aliphatic carboxylic acids is 1. The fourth-order valence-corrected chi connectivity index (χ4v) is 1.30. The lowest BCUT2D eigenvalue weighted by atomic mass is 10.2. The number of halogens is 1. The Labute approximate surface area is 112 Å². The van der Waals surface area contributed by atoms with Crippen LogP contribution in [0.25, 0.3) is 0 Å². The SMILES string of the molecule is O=C(O)CNC(=O)c1nc(Cl)c(C#CCO)cc1O. The van der Waals surface area contributed by atoms with Gasteiger partial charge in [-0.2, -0.15) is 0 Å². The highest BCUT2D eigenvalue weighted by molar-refractivity contribution is 6.30. The van der Waals surface area contributed by atoms with Crippen molar-refractivity contribution in [1.82, 2.24) is 10.3 Å². The average molecular weight is 285 g/mol. The number of carbonyl (C=O) groups excluding carboxylic acids is 1. The monoisotopic (exact) mass is 284 g/mol. The minimum atomic E-state index is -1.23. The summed E-state index contributed by atoms with van der Waals surface area (Å²) in [7, 11) is 0. The molecule has 8 heteroatoms. The normalized spacial score (nSPS) is 9.37. The van der Waals surface area contributed by atoms with Gasteiger partial charge in [0.15, 0.2) is 5.69 Å². The van der Waals surface area contributed by atoms with E-state index in [4.69, 9.17) is 21.8 Å². The van der Waals surface area contributed by atoms with Gasteiger partial charge in [-0.05, 0) is 0 Å². The number of pyridine rings is 1. The van der Waals surface area contributed by atoms with Crippen molar-refractivity contribution < 1.29 is 24.9 Å². The summed E-state index contributed by atoms with van der Waals surface area (Å²) in [6, 6.07) is 1.10. The molecule has 0 aliphatic heterocycles. The van der Waals surface area contributed by atoms with Crippen molar-refractivity contribution >= 4 is 23.5 Å². The van der Waals surface area contributed by atoms with Crippen LogP contribution in [0.5, 0.6) is 5.75 Å². The third-order valence-corrected chi connectivity index (χ3v) is 2.16. The maximum atomic E-state index is 11.5. The second-order valence-corrected chi connectivity index (χ2v) is 3.59. The number of aliphatic hydroxyl groups excluding tert-OH is 1. The molecule has 0 atom stereocenters. The van der Waals surface area contributed by atoms with Gasteiger partial charge in [0.2, 0.25) is 0 Å². The van der Waals surface area contributed by atoms with Crippen LogP contribution in [0.3, 0.4) is 0 Å². The van der Waals surface area contributed by atoms with Gasteiger partial charge in [0.05, 0.1) is 5.56 Å². The first-order valence-corrected chi connectivity index (χ1v) is 5.32. The summed E-state index contributed by atoms with van der Waals surface area (Å²) >= 11 is 5.74. The number of hydrogen-bond acceptors (Lipinski definition) is 5. The number of hydrogen-bond donors (Lipinski definition) is 4. The maximum Gasteiger partial charge on any atom is 0.322 e. The highest BCUT2D eigenvalue weighted by Crippen LogP contribution is 2.22. The van der Waals surface area contributed by atoms with Crippen LogP contribution in [0, 0.1) is 11.8 Å². The van der Waals surface area contributed by atoms with E-state index in [1.54, 1.807) is 0 Å². The van der Waals surface area contributed by atoms with Gasteiger partial charge in [-0.1, -0.05) is 23.4 Å². The number of aliphatic hydroxyl groups is 1. The number of nitrogens with zero attached hydrogens (tertiary/aromatic N) is 1. The van der Waals surface area contributed by atoms with Gasteiger partial charge in [0, 0.05) is 6.07 Å². The number of carboxylic acids is 1. The second kappa shape index (κ2) is 6.58. The summed E-state index contributed by atoms with van der Waals surface area (Å²) in [6.45, 7) is -0.998. The van der Waals surface area contributed by atoms with Crippen molar-refractivity contribution in [3.05, 3.63) is 22.5 Å². The molecular weight excluding hydrogens is 276 g/mol. The molecule has 0 aliphatic carbocycles. The topological polar surface area (TPSA) is 120 Å². The van der Waals surface area contributed by atoms with Gasteiger partial charge >= 0.3 is 5.97 Å². The van der Waals surface area contributed by atoms with Gasteiger partial charge < -0.3 is 20.6 Å². The molecule has 0 unspecified atom stereocenters. The minimum Gasteiger partial charge on any atom is -0.505 e. The largest absolute Gasteiger partial charge is 0.505 e. The zero-order valence-electron chi connectivity index (χ0n) is 9.47. The smallest absolute Gasteiger partial charge is 0.322 e. The fourth-order valence-electron chi connectivity index (χ4n) is 1.11. The maximum absolute atomic E-state index is 11.5. The van der Waals surface area contributed by atoms with Crippen molar-refractivity contribution in [2.24, 2.45) is 0 Å². The van der Waals surface area contributed by atoms with Gasteiger partial charge in [-0.15, -0.1) is 0 Å². The lowest BCUT2D eigenvalue weighted by molar-refractivity contribution is -0.135. The van der Waals surface area contributed by atoms with E-state index in [0.29, 0.717) is 0 Å². The molecule has 0 fully saturated rings. The number of rotatable bonds is 3. The van der Waals surface area contributed by atoms with Crippen LogP contribution >= 0.6 is 11.6 Å². The molecule has 0 aromatic carbocycles. The second-order valence-electron chi connectivity index (χ2n) is 3.23. The molecule has 0 saturated carbocycles. The molecule has 19 heavy (non-hydrogen) atoms. The molecule has 0 aliphatic rings. The first-order valence-electron chi connectivity index (χ1n) is 4.95. The molecule has 7 nitrogen and oxygen atoms in total. The highest BCUT2D eigenvalue weighted by atomic mass is 35.5. The highest BCUT2D eigenvalue weighted by Gasteiger charge is 2.16. The first-order chi connectivity index (χ1) is 8.95. The lowest BCUT2D eigenvalue weighted by Gasteiger charge is -2.05. The molecule has 0 saturated heterocycles. The molecule has 1 amide bonds. The molecule has 1 aromatic rings. The van der Waals surface area contributed by atoms with Gasteiger partial charge in [0.25, 0.3) is 5.91 Å². The standard InChI is InChI=1S/C11H9ClN2O5/c12-10-6(2-1-3-15)4-7(16)9(14-10)11(19)13-5-8(17)18/h4,15-16H,3,5H2,(H,13,19)(H,17,18). The Bertz CT molecular complexity index is 576. The number of aromatic hydroxyl groups is 1. The predicted molar refractivity (Wildman–Crippen MR) is 64.8 cm³/mol. The fraction of sp³-hybridized carbons (Fsp3) is 0.182. The minimum absolute atomic E-state index is 0.140. The van der Waals surface area contributed by atoms with E-state index >= 15 is 0 Å². The number of carbonyl (C=O) groups is 2. The van der Waals surface area contributed by atoms with Crippen LogP contribution < -0.4 is 5.32 Å². The molecule has 1 heterocycles. The number of nitrogens with one attached hydrogen (secondary N) is 1. The van der Waals surface area contributed by atoms with Crippen LogP contribution in [-0.4, -0.2) is 45.3 Å². The summed E-state index contributed by atoms with van der Waals surface area (Å²) in [5.74, 6) is 2.16. The van der Waals surface area contributed by atoms with E-state index < -0.39 is 36.5 Å². The van der Waals surface area contributed by atoms with E-state index in [0.717, 1.165) is 6.07 Å². The van der Waals surface area contributed by atoms with Crippen molar-refractivity contribution in [1.29, 1.82) is 0 Å². The molecule has 100 valence electrons. The summed E-state index contributed by atoms with van der Waals surface area (Å²) in [4.78, 5) is 25.4. The van der Waals surface area contributed by atoms with Crippen LogP contribution in [0.2, 0.25) is 5.15 Å². The zero-order chi connectivity index (χ0) is 14.4. The Hall–Kier alpha value is -2.30. The average Bonchev–Trinajstić information content (AvgIpc) is 2.36.